The summed E-state index contributed by atoms with van der Waals surface area (Å²) in [7, 11) is 0. The zero-order valence-corrected chi connectivity index (χ0v) is 9.48. The molecule has 82 valence electrons. The van der Waals surface area contributed by atoms with Crippen molar-refractivity contribution < 1.29 is 13.6 Å². The number of nitrogens with one attached hydrogen (secondary N) is 1. The van der Waals surface area contributed by atoms with Crippen LogP contribution in [-0.2, 0) is 11.2 Å². The van der Waals surface area contributed by atoms with Crippen molar-refractivity contribution in [2.75, 3.05) is 11.9 Å². The lowest BCUT2D eigenvalue weighted by Crippen LogP contribution is -2.27. The number of hydrogen-bond donors (Lipinski definition) is 1. The molecular formula is C10H10BrF2NO. The molecule has 0 fully saturated rings. The highest BCUT2D eigenvalue weighted by molar-refractivity contribution is 9.09. The van der Waals surface area contributed by atoms with Gasteiger partial charge in [-0.05, 0) is 12.1 Å². The van der Waals surface area contributed by atoms with E-state index in [9.17, 15) is 13.6 Å². The molecule has 1 N–H and O–H groups in total. The van der Waals surface area contributed by atoms with E-state index >= 15 is 0 Å². The zero-order chi connectivity index (χ0) is 11.3. The van der Waals surface area contributed by atoms with Crippen molar-refractivity contribution in [1.29, 1.82) is 0 Å². The Kier molecular flexibility index (Phi) is 4.68. The van der Waals surface area contributed by atoms with Crippen LogP contribution in [0, 0.1) is 11.6 Å². The Morgan fingerprint density at radius 3 is 2.47 bits per heavy atom. The fraction of sp³-hybridized carbons (Fsp3) is 0.300. The quantitative estimate of drug-likeness (QED) is 0.839. The summed E-state index contributed by atoms with van der Waals surface area (Å²) in [5.41, 5.74) is -0.190. The Hall–Kier alpha value is -0.970. The monoisotopic (exact) mass is 277 g/mol. The SMILES string of the molecule is O=C(Cc1c(F)cccc1F)NCCBr. The first kappa shape index (κ1) is 12.1. The van der Waals surface area contributed by atoms with Crippen LogP contribution in [0.5, 0.6) is 0 Å². The molecule has 0 aliphatic heterocycles. The molecule has 15 heavy (non-hydrogen) atoms. The predicted octanol–water partition coefficient (Wildman–Crippen LogP) is 2.02. The van der Waals surface area contributed by atoms with Crippen LogP contribution in [-0.4, -0.2) is 17.8 Å². The molecule has 1 amide bonds. The number of rotatable bonds is 4. The Labute approximate surface area is 94.8 Å². The van der Waals surface area contributed by atoms with Crippen LogP contribution in [0.1, 0.15) is 5.56 Å². The van der Waals surface area contributed by atoms with Gasteiger partial charge in [0.2, 0.25) is 5.91 Å². The predicted molar refractivity (Wildman–Crippen MR) is 56.9 cm³/mol. The van der Waals surface area contributed by atoms with Crippen LogP contribution < -0.4 is 5.32 Å². The van der Waals surface area contributed by atoms with E-state index in [4.69, 9.17) is 0 Å². The molecule has 0 unspecified atom stereocenters. The van der Waals surface area contributed by atoms with Gasteiger partial charge in [0.05, 0.1) is 6.42 Å². The Balaban J connectivity index is 2.68. The van der Waals surface area contributed by atoms with Gasteiger partial charge in [0, 0.05) is 17.4 Å². The summed E-state index contributed by atoms with van der Waals surface area (Å²) in [6.45, 7) is 0.439. The first-order chi connectivity index (χ1) is 7.15. The smallest absolute Gasteiger partial charge is 0.224 e. The molecular weight excluding hydrogens is 268 g/mol. The van der Waals surface area contributed by atoms with Crippen LogP contribution in [0.25, 0.3) is 0 Å². The minimum Gasteiger partial charge on any atom is -0.355 e. The lowest BCUT2D eigenvalue weighted by Gasteiger charge is -2.05. The summed E-state index contributed by atoms with van der Waals surface area (Å²) in [5, 5.41) is 3.13. The van der Waals surface area contributed by atoms with Gasteiger partial charge in [-0.2, -0.15) is 0 Å². The maximum atomic E-state index is 13.1. The maximum Gasteiger partial charge on any atom is 0.224 e. The average Bonchev–Trinajstić information content (AvgIpc) is 2.21. The van der Waals surface area contributed by atoms with Gasteiger partial charge in [-0.25, -0.2) is 8.78 Å². The largest absolute Gasteiger partial charge is 0.355 e. The van der Waals surface area contributed by atoms with E-state index in [1.54, 1.807) is 0 Å². The summed E-state index contributed by atoms with van der Waals surface area (Å²) < 4.78 is 26.2. The van der Waals surface area contributed by atoms with Gasteiger partial charge < -0.3 is 5.32 Å². The van der Waals surface area contributed by atoms with Crippen LogP contribution >= 0.6 is 15.9 Å². The third kappa shape index (κ3) is 3.58. The number of carbonyl (C=O) groups is 1. The van der Waals surface area contributed by atoms with E-state index in [2.05, 4.69) is 21.2 Å². The van der Waals surface area contributed by atoms with Gasteiger partial charge in [0.1, 0.15) is 11.6 Å². The Morgan fingerprint density at radius 2 is 1.93 bits per heavy atom. The third-order valence-electron chi connectivity index (χ3n) is 1.82. The van der Waals surface area contributed by atoms with E-state index in [-0.39, 0.29) is 12.0 Å². The Bertz CT molecular complexity index is 337. The molecule has 5 heteroatoms. The first-order valence-electron chi connectivity index (χ1n) is 4.40. The van der Waals surface area contributed by atoms with E-state index in [0.29, 0.717) is 11.9 Å². The Morgan fingerprint density at radius 1 is 1.33 bits per heavy atom. The highest BCUT2D eigenvalue weighted by atomic mass is 79.9. The van der Waals surface area contributed by atoms with Gasteiger partial charge in [0.25, 0.3) is 0 Å². The van der Waals surface area contributed by atoms with Crippen LogP contribution in [0.15, 0.2) is 18.2 Å². The number of amides is 1. The van der Waals surface area contributed by atoms with Crippen molar-refractivity contribution in [2.45, 2.75) is 6.42 Å². The molecule has 0 heterocycles. The van der Waals surface area contributed by atoms with Crippen molar-refractivity contribution >= 4 is 21.8 Å². The molecule has 0 saturated carbocycles. The number of alkyl halides is 1. The number of halogens is 3. The van der Waals surface area contributed by atoms with Crippen LogP contribution in [0.2, 0.25) is 0 Å². The second kappa shape index (κ2) is 5.80. The normalized spacial score (nSPS) is 10.1. The third-order valence-corrected chi connectivity index (χ3v) is 2.21. The highest BCUT2D eigenvalue weighted by Gasteiger charge is 2.12. The molecule has 0 aliphatic rings. The zero-order valence-electron chi connectivity index (χ0n) is 7.90. The molecule has 0 saturated heterocycles. The summed E-state index contributed by atoms with van der Waals surface area (Å²) >= 11 is 3.13. The fourth-order valence-electron chi connectivity index (χ4n) is 1.11. The number of benzene rings is 1. The van der Waals surface area contributed by atoms with Crippen molar-refractivity contribution in [2.24, 2.45) is 0 Å². The molecule has 2 nitrogen and oxygen atoms in total. The minimum absolute atomic E-state index is 0.190. The first-order valence-corrected chi connectivity index (χ1v) is 5.53. The molecule has 0 radical (unpaired) electrons. The molecule has 1 rings (SSSR count). The summed E-state index contributed by atoms with van der Waals surface area (Å²) in [6.07, 6.45) is -0.272. The van der Waals surface area contributed by atoms with E-state index in [0.717, 1.165) is 12.1 Å². The molecule has 0 bridgehead atoms. The van der Waals surface area contributed by atoms with E-state index in [1.807, 2.05) is 0 Å². The fourth-order valence-corrected chi connectivity index (χ4v) is 1.31. The van der Waals surface area contributed by atoms with E-state index in [1.165, 1.54) is 6.07 Å². The van der Waals surface area contributed by atoms with Gasteiger partial charge in [-0.3, -0.25) is 4.79 Å². The van der Waals surface area contributed by atoms with Crippen molar-refractivity contribution in [3.63, 3.8) is 0 Å². The minimum atomic E-state index is -0.691. The number of hydrogen-bond acceptors (Lipinski definition) is 1. The van der Waals surface area contributed by atoms with Crippen LogP contribution in [0.3, 0.4) is 0 Å². The van der Waals surface area contributed by atoms with Crippen molar-refractivity contribution in [3.8, 4) is 0 Å². The second-order valence-electron chi connectivity index (χ2n) is 2.92. The molecule has 0 atom stereocenters. The van der Waals surface area contributed by atoms with Gasteiger partial charge >= 0.3 is 0 Å². The standard InChI is InChI=1S/C10H10BrF2NO/c11-4-5-14-10(15)6-7-8(12)2-1-3-9(7)13/h1-3H,4-6H2,(H,14,15). The number of carbonyl (C=O) groups excluding carboxylic acids is 1. The molecule has 1 aromatic rings. The van der Waals surface area contributed by atoms with Crippen molar-refractivity contribution in [3.05, 3.63) is 35.4 Å². The second-order valence-corrected chi connectivity index (χ2v) is 3.71. The topological polar surface area (TPSA) is 29.1 Å². The molecule has 0 aliphatic carbocycles. The van der Waals surface area contributed by atoms with Gasteiger partial charge in [-0.1, -0.05) is 22.0 Å². The summed E-state index contributed by atoms with van der Waals surface area (Å²) in [6, 6.07) is 3.54. The van der Waals surface area contributed by atoms with Gasteiger partial charge in [0.15, 0.2) is 0 Å². The molecule has 0 spiro atoms. The van der Waals surface area contributed by atoms with Crippen LogP contribution in [0.4, 0.5) is 8.78 Å². The molecule has 0 aromatic heterocycles. The maximum absolute atomic E-state index is 13.1. The van der Waals surface area contributed by atoms with E-state index < -0.39 is 17.5 Å². The lowest BCUT2D eigenvalue weighted by atomic mass is 10.1. The lowest BCUT2D eigenvalue weighted by molar-refractivity contribution is -0.120. The highest BCUT2D eigenvalue weighted by Crippen LogP contribution is 2.12. The summed E-state index contributed by atoms with van der Waals surface area (Å²) in [4.78, 5) is 11.2. The summed E-state index contributed by atoms with van der Waals surface area (Å²) in [5.74, 6) is -1.77. The average molecular weight is 278 g/mol. The van der Waals surface area contributed by atoms with Gasteiger partial charge in [-0.15, -0.1) is 0 Å². The molecule has 1 aromatic carbocycles. The van der Waals surface area contributed by atoms with Crippen molar-refractivity contribution in [1.82, 2.24) is 5.32 Å².